The van der Waals surface area contributed by atoms with Crippen molar-refractivity contribution in [3.8, 4) is 0 Å². The summed E-state index contributed by atoms with van der Waals surface area (Å²) in [5, 5.41) is 0. The largest absolute Gasteiger partial charge is 0.399 e. The summed E-state index contributed by atoms with van der Waals surface area (Å²) in [6.07, 6.45) is 1.83. The second kappa shape index (κ2) is 3.95. The highest BCUT2D eigenvalue weighted by atomic mass is 32.2. The molecule has 1 saturated carbocycles. The molecule has 88 valence electrons. The Bertz CT molecular complexity index is 495. The zero-order valence-electron chi connectivity index (χ0n) is 9.03. The lowest BCUT2D eigenvalue weighted by atomic mass is 10.2. The third-order valence-corrected chi connectivity index (χ3v) is 3.54. The number of nitrogen functional groups attached to an aromatic ring is 1. The molecule has 0 aromatic heterocycles. The molecule has 0 saturated heterocycles. The van der Waals surface area contributed by atoms with Gasteiger partial charge in [-0.05, 0) is 37.5 Å². The molecule has 1 aromatic rings. The van der Waals surface area contributed by atoms with Crippen molar-refractivity contribution in [2.45, 2.75) is 25.8 Å². The van der Waals surface area contributed by atoms with Crippen molar-refractivity contribution < 1.29 is 8.42 Å². The van der Waals surface area contributed by atoms with Crippen LogP contribution in [0.4, 0.5) is 11.4 Å². The van der Waals surface area contributed by atoms with E-state index in [0.29, 0.717) is 11.4 Å². The Labute approximate surface area is 95.2 Å². The van der Waals surface area contributed by atoms with Gasteiger partial charge in [0.1, 0.15) is 0 Å². The highest BCUT2D eigenvalue weighted by Crippen LogP contribution is 2.22. The molecule has 1 aliphatic rings. The van der Waals surface area contributed by atoms with E-state index >= 15 is 0 Å². The Morgan fingerprint density at radius 2 is 2.06 bits per heavy atom. The second-order valence-electron chi connectivity index (χ2n) is 4.07. The predicted octanol–water partition coefficient (Wildman–Crippen LogP) is 0.986. The molecule has 4 N–H and O–H groups in total. The Balaban J connectivity index is 2.15. The molecule has 0 amide bonds. The molecule has 5 nitrogen and oxygen atoms in total. The van der Waals surface area contributed by atoms with E-state index < -0.39 is 10.2 Å². The second-order valence-corrected chi connectivity index (χ2v) is 5.52. The third kappa shape index (κ3) is 2.86. The summed E-state index contributed by atoms with van der Waals surface area (Å²) in [6.45, 7) is 1.83. The zero-order valence-corrected chi connectivity index (χ0v) is 9.84. The van der Waals surface area contributed by atoms with E-state index in [0.717, 1.165) is 18.4 Å². The molecule has 1 aliphatic carbocycles. The third-order valence-electron chi connectivity index (χ3n) is 2.41. The van der Waals surface area contributed by atoms with Crippen molar-refractivity contribution in [3.05, 3.63) is 23.8 Å². The first kappa shape index (κ1) is 11.2. The number of hydrogen-bond donors (Lipinski definition) is 3. The van der Waals surface area contributed by atoms with Gasteiger partial charge in [-0.25, -0.2) is 0 Å². The summed E-state index contributed by atoms with van der Waals surface area (Å²) >= 11 is 0. The number of hydrogen-bond acceptors (Lipinski definition) is 3. The van der Waals surface area contributed by atoms with Gasteiger partial charge in [0.15, 0.2) is 0 Å². The molecule has 0 spiro atoms. The van der Waals surface area contributed by atoms with Crippen molar-refractivity contribution in [1.29, 1.82) is 0 Å². The van der Waals surface area contributed by atoms with Gasteiger partial charge in [0.25, 0.3) is 10.2 Å². The van der Waals surface area contributed by atoms with E-state index in [2.05, 4.69) is 9.44 Å². The standard InChI is InChI=1S/C10H15N3O2S/c1-7-2-3-8(11)6-10(7)13-16(14,15)12-9-4-5-9/h2-3,6,9,12-13H,4-5,11H2,1H3. The lowest BCUT2D eigenvalue weighted by molar-refractivity contribution is 0.586. The maximum atomic E-state index is 11.7. The smallest absolute Gasteiger partial charge is 0.299 e. The van der Waals surface area contributed by atoms with Gasteiger partial charge >= 0.3 is 0 Å². The van der Waals surface area contributed by atoms with Gasteiger partial charge in [-0.1, -0.05) is 6.07 Å². The molecule has 0 radical (unpaired) electrons. The molecule has 6 heteroatoms. The molecule has 0 aliphatic heterocycles. The van der Waals surface area contributed by atoms with Gasteiger partial charge in [0.2, 0.25) is 0 Å². The Hall–Kier alpha value is -1.27. The quantitative estimate of drug-likeness (QED) is 0.687. The maximum Gasteiger partial charge on any atom is 0.299 e. The van der Waals surface area contributed by atoms with Crippen molar-refractivity contribution in [2.75, 3.05) is 10.5 Å². The van der Waals surface area contributed by atoms with E-state index in [4.69, 9.17) is 5.73 Å². The van der Waals surface area contributed by atoms with Gasteiger partial charge in [-0.15, -0.1) is 0 Å². The van der Waals surface area contributed by atoms with Crippen LogP contribution < -0.4 is 15.2 Å². The summed E-state index contributed by atoms with van der Waals surface area (Å²) in [5.41, 5.74) is 7.51. The lowest BCUT2D eigenvalue weighted by Gasteiger charge is -2.11. The number of nitrogens with two attached hydrogens (primary N) is 1. The molecule has 0 bridgehead atoms. The normalized spacial score (nSPS) is 16.1. The fraction of sp³-hybridized carbons (Fsp3) is 0.400. The van der Waals surface area contributed by atoms with Crippen LogP contribution in [0.25, 0.3) is 0 Å². The van der Waals surface area contributed by atoms with Crippen LogP contribution in [0.2, 0.25) is 0 Å². The van der Waals surface area contributed by atoms with Crippen molar-refractivity contribution in [1.82, 2.24) is 4.72 Å². The van der Waals surface area contributed by atoms with Gasteiger partial charge in [-0.3, -0.25) is 4.72 Å². The van der Waals surface area contributed by atoms with Gasteiger partial charge in [0.05, 0.1) is 5.69 Å². The van der Waals surface area contributed by atoms with Crippen LogP contribution >= 0.6 is 0 Å². The summed E-state index contributed by atoms with van der Waals surface area (Å²) < 4.78 is 28.3. The molecule has 0 heterocycles. The van der Waals surface area contributed by atoms with E-state index in [9.17, 15) is 8.42 Å². The first-order valence-electron chi connectivity index (χ1n) is 5.12. The van der Waals surface area contributed by atoms with E-state index in [1.165, 1.54) is 0 Å². The van der Waals surface area contributed by atoms with Crippen LogP contribution in [0.3, 0.4) is 0 Å². The van der Waals surface area contributed by atoms with E-state index in [-0.39, 0.29) is 6.04 Å². The fourth-order valence-electron chi connectivity index (χ4n) is 1.34. The SMILES string of the molecule is Cc1ccc(N)cc1NS(=O)(=O)NC1CC1. The minimum atomic E-state index is -3.47. The van der Waals surface area contributed by atoms with Crippen LogP contribution in [0.5, 0.6) is 0 Å². The Morgan fingerprint density at radius 3 is 2.69 bits per heavy atom. The van der Waals surface area contributed by atoms with Crippen molar-refractivity contribution in [3.63, 3.8) is 0 Å². The monoisotopic (exact) mass is 241 g/mol. The van der Waals surface area contributed by atoms with Crippen molar-refractivity contribution in [2.24, 2.45) is 0 Å². The van der Waals surface area contributed by atoms with Crippen LogP contribution in [0.15, 0.2) is 18.2 Å². The molecule has 1 aromatic carbocycles. The molecular formula is C10H15N3O2S. The number of rotatable bonds is 4. The number of aryl methyl sites for hydroxylation is 1. The topological polar surface area (TPSA) is 84.2 Å². The van der Waals surface area contributed by atoms with Crippen molar-refractivity contribution >= 4 is 21.6 Å². The Morgan fingerprint density at radius 1 is 1.38 bits per heavy atom. The van der Waals surface area contributed by atoms with Crippen LogP contribution in [0, 0.1) is 6.92 Å². The fourth-order valence-corrected chi connectivity index (χ4v) is 2.59. The Kier molecular flexibility index (Phi) is 2.77. The molecule has 0 unspecified atom stereocenters. The number of anilines is 2. The van der Waals surface area contributed by atoms with Crippen LogP contribution in [-0.2, 0) is 10.2 Å². The minimum absolute atomic E-state index is 0.0962. The molecule has 2 rings (SSSR count). The van der Waals surface area contributed by atoms with Gasteiger partial charge in [-0.2, -0.15) is 13.1 Å². The average molecular weight is 241 g/mol. The average Bonchev–Trinajstić information content (AvgIpc) is 2.94. The molecular weight excluding hydrogens is 226 g/mol. The first-order valence-corrected chi connectivity index (χ1v) is 6.61. The van der Waals surface area contributed by atoms with Gasteiger partial charge in [0, 0.05) is 11.7 Å². The maximum absolute atomic E-state index is 11.7. The van der Waals surface area contributed by atoms with Crippen LogP contribution in [-0.4, -0.2) is 14.5 Å². The summed E-state index contributed by atoms with van der Waals surface area (Å²) in [6, 6.07) is 5.23. The highest BCUT2D eigenvalue weighted by molar-refractivity contribution is 7.90. The van der Waals surface area contributed by atoms with E-state index in [1.807, 2.05) is 6.92 Å². The summed E-state index contributed by atoms with van der Waals surface area (Å²) in [5.74, 6) is 0. The van der Waals surface area contributed by atoms with Gasteiger partial charge < -0.3 is 5.73 Å². The predicted molar refractivity (Wildman–Crippen MR) is 64.3 cm³/mol. The minimum Gasteiger partial charge on any atom is -0.399 e. The number of benzene rings is 1. The number of nitrogens with one attached hydrogen (secondary N) is 2. The van der Waals surface area contributed by atoms with Crippen LogP contribution in [0.1, 0.15) is 18.4 Å². The highest BCUT2D eigenvalue weighted by Gasteiger charge is 2.26. The summed E-state index contributed by atoms with van der Waals surface area (Å²) in [4.78, 5) is 0. The first-order chi connectivity index (χ1) is 7.46. The molecule has 1 fully saturated rings. The zero-order chi connectivity index (χ0) is 11.8. The molecule has 16 heavy (non-hydrogen) atoms. The lowest BCUT2D eigenvalue weighted by Crippen LogP contribution is -2.32. The summed E-state index contributed by atoms with van der Waals surface area (Å²) in [7, 11) is -3.47. The van der Waals surface area contributed by atoms with E-state index in [1.54, 1.807) is 18.2 Å². The molecule has 0 atom stereocenters.